The van der Waals surface area contributed by atoms with Gasteiger partial charge in [-0.05, 0) is 103 Å². The molecule has 0 saturated heterocycles. The third kappa shape index (κ3) is 8.72. The van der Waals surface area contributed by atoms with E-state index in [1.54, 1.807) is 72.8 Å². The van der Waals surface area contributed by atoms with Crippen LogP contribution in [0, 0.1) is 6.92 Å². The molecule has 0 radical (unpaired) electrons. The van der Waals surface area contributed by atoms with Crippen LogP contribution in [0.15, 0.2) is 91.0 Å². The molecule has 4 rings (SSSR count). The lowest BCUT2D eigenvalue weighted by atomic mass is 9.93. The quantitative estimate of drug-likeness (QED) is 0.0459. The van der Waals surface area contributed by atoms with Crippen molar-refractivity contribution in [2.75, 3.05) is 18.1 Å². The molecular weight excluding hydrogens is 557 g/mol. The molecule has 4 aromatic rings. The fourth-order valence-corrected chi connectivity index (χ4v) is 4.41. The molecule has 0 heterocycles. The number of esters is 1. The number of halogens is 3. The minimum absolute atomic E-state index is 0.00242. The van der Waals surface area contributed by atoms with Gasteiger partial charge in [0.15, 0.2) is 5.78 Å². The molecule has 0 amide bonds. The summed E-state index contributed by atoms with van der Waals surface area (Å²) in [6.07, 6.45) is -1.64. The smallest absolute Gasteiger partial charge is 0.389 e. The van der Waals surface area contributed by atoms with Crippen molar-refractivity contribution in [2.45, 2.75) is 32.4 Å². The van der Waals surface area contributed by atoms with Crippen molar-refractivity contribution in [3.63, 3.8) is 0 Å². The van der Waals surface area contributed by atoms with Gasteiger partial charge in [0.05, 0.1) is 12.2 Å². The van der Waals surface area contributed by atoms with E-state index in [2.05, 4.69) is 0 Å². The highest BCUT2D eigenvalue weighted by molar-refractivity contribution is 6.12. The maximum atomic E-state index is 13.1. The predicted octanol–water partition coefficient (Wildman–Crippen LogP) is 8.05. The van der Waals surface area contributed by atoms with Gasteiger partial charge in [0.2, 0.25) is 0 Å². The van der Waals surface area contributed by atoms with Gasteiger partial charge in [0, 0.05) is 23.4 Å². The number of carbonyl (C=O) groups is 2. The standard InChI is InChI=1S/C34H31F3N2O4/c1-22-29(24-9-11-26(38)12-10-24)17-18-30(39)32(22)31(40)19-6-23-4-7-25(8-5-23)33(41)43-28-15-13-27(14-16-28)42-21-3-2-20-34(35,36)37/h4-19H,2-3,20-21,38-39H2,1H3/b19-6+. The second kappa shape index (κ2) is 13.7. The van der Waals surface area contributed by atoms with Crippen molar-refractivity contribution in [1.29, 1.82) is 0 Å². The second-order valence-corrected chi connectivity index (χ2v) is 9.93. The van der Waals surface area contributed by atoms with E-state index in [1.165, 1.54) is 6.08 Å². The van der Waals surface area contributed by atoms with Crippen molar-refractivity contribution in [2.24, 2.45) is 0 Å². The first-order valence-corrected chi connectivity index (χ1v) is 13.6. The fraction of sp³-hybridized carbons (Fsp3) is 0.176. The number of anilines is 2. The van der Waals surface area contributed by atoms with Gasteiger partial charge in [-0.1, -0.05) is 36.4 Å². The number of ketones is 1. The van der Waals surface area contributed by atoms with E-state index in [-0.39, 0.29) is 31.0 Å². The zero-order valence-corrected chi connectivity index (χ0v) is 23.5. The lowest BCUT2D eigenvalue weighted by Crippen LogP contribution is -2.08. The number of rotatable bonds is 11. The first-order chi connectivity index (χ1) is 20.5. The van der Waals surface area contributed by atoms with E-state index in [0.29, 0.717) is 33.8 Å². The van der Waals surface area contributed by atoms with Gasteiger partial charge in [-0.2, -0.15) is 13.2 Å². The molecule has 0 atom stereocenters. The SMILES string of the molecule is Cc1c(-c2ccc(N)cc2)ccc(N)c1C(=O)/C=C/c1ccc(C(=O)Oc2ccc(OCCCCC(F)(F)F)cc2)cc1. The van der Waals surface area contributed by atoms with Crippen LogP contribution in [-0.2, 0) is 0 Å². The fourth-order valence-electron chi connectivity index (χ4n) is 4.41. The normalized spacial score (nSPS) is 11.4. The molecule has 0 aliphatic rings. The molecule has 4 N–H and O–H groups in total. The number of hydrogen-bond donors (Lipinski definition) is 2. The van der Waals surface area contributed by atoms with Gasteiger partial charge in [0.1, 0.15) is 11.5 Å². The summed E-state index contributed by atoms with van der Waals surface area (Å²) < 4.78 is 47.5. The molecule has 6 nitrogen and oxygen atoms in total. The number of alkyl halides is 3. The summed E-state index contributed by atoms with van der Waals surface area (Å²) in [6.45, 7) is 2.01. The Hall–Kier alpha value is -5.05. The molecule has 0 saturated carbocycles. The molecule has 0 aliphatic carbocycles. The van der Waals surface area contributed by atoms with Gasteiger partial charge in [-0.15, -0.1) is 0 Å². The number of hydrogen-bond acceptors (Lipinski definition) is 6. The van der Waals surface area contributed by atoms with Crippen molar-refractivity contribution in [3.8, 4) is 22.6 Å². The maximum absolute atomic E-state index is 13.1. The second-order valence-electron chi connectivity index (χ2n) is 9.93. The van der Waals surface area contributed by atoms with Crippen LogP contribution >= 0.6 is 0 Å². The summed E-state index contributed by atoms with van der Waals surface area (Å²) in [7, 11) is 0. The highest BCUT2D eigenvalue weighted by Gasteiger charge is 2.25. The maximum Gasteiger partial charge on any atom is 0.389 e. The summed E-state index contributed by atoms with van der Waals surface area (Å²) in [5.41, 5.74) is 17.0. The Morgan fingerprint density at radius 2 is 1.47 bits per heavy atom. The number of nitrogens with two attached hydrogens (primary N) is 2. The summed E-state index contributed by atoms with van der Waals surface area (Å²) in [5, 5.41) is 0. The van der Waals surface area contributed by atoms with Crippen molar-refractivity contribution in [3.05, 3.63) is 113 Å². The summed E-state index contributed by atoms with van der Waals surface area (Å²) >= 11 is 0. The highest BCUT2D eigenvalue weighted by atomic mass is 19.4. The van der Waals surface area contributed by atoms with Crippen LogP contribution in [-0.4, -0.2) is 24.5 Å². The molecule has 222 valence electrons. The molecule has 0 unspecified atom stereocenters. The van der Waals surface area contributed by atoms with Gasteiger partial charge in [-0.25, -0.2) is 4.79 Å². The van der Waals surface area contributed by atoms with Gasteiger partial charge >= 0.3 is 12.1 Å². The molecule has 43 heavy (non-hydrogen) atoms. The summed E-state index contributed by atoms with van der Waals surface area (Å²) in [5.74, 6) is -0.0654. The number of carbonyl (C=O) groups excluding carboxylic acids is 2. The number of benzene rings is 4. The van der Waals surface area contributed by atoms with E-state index in [0.717, 1.165) is 16.7 Å². The van der Waals surface area contributed by atoms with Crippen molar-refractivity contribution >= 4 is 29.2 Å². The Morgan fingerprint density at radius 3 is 2.12 bits per heavy atom. The van der Waals surface area contributed by atoms with E-state index in [1.807, 2.05) is 25.1 Å². The lowest BCUT2D eigenvalue weighted by Gasteiger charge is -2.13. The topological polar surface area (TPSA) is 105 Å². The third-order valence-electron chi connectivity index (χ3n) is 6.70. The first-order valence-electron chi connectivity index (χ1n) is 13.6. The number of allylic oxidation sites excluding steroid dienone is 1. The van der Waals surface area contributed by atoms with E-state index >= 15 is 0 Å². The zero-order chi connectivity index (χ0) is 31.0. The molecule has 0 aromatic heterocycles. The molecule has 0 bridgehead atoms. The van der Waals surface area contributed by atoms with Crippen LogP contribution in [0.25, 0.3) is 17.2 Å². The van der Waals surface area contributed by atoms with Crippen LogP contribution in [0.1, 0.15) is 51.1 Å². The van der Waals surface area contributed by atoms with Gasteiger partial charge < -0.3 is 20.9 Å². The Balaban J connectivity index is 1.33. The van der Waals surface area contributed by atoms with Crippen molar-refractivity contribution in [1.82, 2.24) is 0 Å². The molecule has 4 aromatic carbocycles. The van der Waals surface area contributed by atoms with E-state index < -0.39 is 18.6 Å². The molecule has 0 spiro atoms. The number of nitrogen functional groups attached to an aromatic ring is 2. The van der Waals surface area contributed by atoms with Crippen LogP contribution in [0.3, 0.4) is 0 Å². The van der Waals surface area contributed by atoms with E-state index in [9.17, 15) is 22.8 Å². The Bertz CT molecular complexity index is 1600. The average molecular weight is 589 g/mol. The largest absolute Gasteiger partial charge is 0.494 e. The highest BCUT2D eigenvalue weighted by Crippen LogP contribution is 2.30. The molecule has 0 fully saturated rings. The molecule has 9 heteroatoms. The number of ether oxygens (including phenoxy) is 2. The third-order valence-corrected chi connectivity index (χ3v) is 6.70. The van der Waals surface area contributed by atoms with Gasteiger partial charge in [0.25, 0.3) is 0 Å². The minimum atomic E-state index is -4.16. The Morgan fingerprint density at radius 1 is 0.814 bits per heavy atom. The summed E-state index contributed by atoms with van der Waals surface area (Å²) in [4.78, 5) is 25.7. The van der Waals surface area contributed by atoms with Crippen LogP contribution in [0.2, 0.25) is 0 Å². The number of unbranched alkanes of at least 4 members (excludes halogenated alkanes) is 1. The molecular formula is C34H31F3N2O4. The lowest BCUT2D eigenvalue weighted by molar-refractivity contribution is -0.135. The molecule has 0 aliphatic heterocycles. The monoisotopic (exact) mass is 588 g/mol. The zero-order valence-electron chi connectivity index (χ0n) is 23.5. The van der Waals surface area contributed by atoms with Gasteiger partial charge in [-0.3, -0.25) is 4.79 Å². The van der Waals surface area contributed by atoms with Crippen molar-refractivity contribution < 1.29 is 32.2 Å². The average Bonchev–Trinajstić information content (AvgIpc) is 2.97. The van der Waals surface area contributed by atoms with Crippen LogP contribution < -0.4 is 20.9 Å². The van der Waals surface area contributed by atoms with E-state index in [4.69, 9.17) is 20.9 Å². The predicted molar refractivity (Wildman–Crippen MR) is 162 cm³/mol. The summed E-state index contributed by atoms with van der Waals surface area (Å²) in [6, 6.07) is 23.8. The van der Waals surface area contributed by atoms with Crippen LogP contribution in [0.5, 0.6) is 11.5 Å². The minimum Gasteiger partial charge on any atom is -0.494 e. The Labute approximate surface area is 247 Å². The Kier molecular flexibility index (Phi) is 9.87. The first kappa shape index (κ1) is 30.9. The van der Waals surface area contributed by atoms with Crippen LogP contribution in [0.4, 0.5) is 24.5 Å².